The molecule has 6 heteroatoms. The van der Waals surface area contributed by atoms with Crippen LogP contribution in [0.15, 0.2) is 22.7 Å². The molecule has 1 aromatic heterocycles. The predicted octanol–water partition coefficient (Wildman–Crippen LogP) is 2.65. The van der Waals surface area contributed by atoms with E-state index < -0.39 is 0 Å². The molecule has 22 heavy (non-hydrogen) atoms. The maximum Gasteiger partial charge on any atom is 0.258 e. The lowest BCUT2D eigenvalue weighted by Crippen LogP contribution is -2.29. The van der Waals surface area contributed by atoms with Crippen LogP contribution in [0.25, 0.3) is 11.5 Å². The van der Waals surface area contributed by atoms with E-state index in [2.05, 4.69) is 22.1 Å². The number of phenols is 1. The third kappa shape index (κ3) is 3.06. The van der Waals surface area contributed by atoms with Crippen LogP contribution in [0.2, 0.25) is 0 Å². The van der Waals surface area contributed by atoms with E-state index >= 15 is 0 Å². The van der Waals surface area contributed by atoms with Gasteiger partial charge in [0.05, 0.1) is 6.61 Å². The number of hydrogen-bond donors (Lipinski definition) is 1. The molecule has 3 rings (SSSR count). The molecule has 0 radical (unpaired) electrons. The minimum absolute atomic E-state index is 0.112. The van der Waals surface area contributed by atoms with Gasteiger partial charge in [-0.2, -0.15) is 4.98 Å². The van der Waals surface area contributed by atoms with Gasteiger partial charge in [-0.1, -0.05) is 5.16 Å². The van der Waals surface area contributed by atoms with Gasteiger partial charge in [0, 0.05) is 11.5 Å². The Labute approximate surface area is 129 Å². The van der Waals surface area contributed by atoms with Gasteiger partial charge in [0.15, 0.2) is 17.3 Å². The van der Waals surface area contributed by atoms with Crippen LogP contribution < -0.4 is 4.74 Å². The van der Waals surface area contributed by atoms with Crippen molar-refractivity contribution in [3.8, 4) is 23.0 Å². The minimum atomic E-state index is 0.112. The van der Waals surface area contributed by atoms with E-state index in [0.717, 1.165) is 37.3 Å². The molecule has 1 fully saturated rings. The maximum absolute atomic E-state index is 9.75. The summed E-state index contributed by atoms with van der Waals surface area (Å²) in [5.74, 6) is 2.14. The van der Waals surface area contributed by atoms with E-state index in [4.69, 9.17) is 9.26 Å². The summed E-state index contributed by atoms with van der Waals surface area (Å²) in [6.45, 7) is 4.48. The molecule has 0 amide bonds. The summed E-state index contributed by atoms with van der Waals surface area (Å²) in [6.07, 6.45) is 2.10. The average Bonchev–Trinajstić information content (AvgIpc) is 3.00. The number of ether oxygens (including phenoxy) is 1. The molecule has 0 atom stereocenters. The van der Waals surface area contributed by atoms with Crippen LogP contribution >= 0.6 is 0 Å². The molecule has 0 bridgehead atoms. The highest BCUT2D eigenvalue weighted by Gasteiger charge is 2.23. The molecule has 1 aliphatic rings. The van der Waals surface area contributed by atoms with Crippen LogP contribution in [0.4, 0.5) is 0 Å². The summed E-state index contributed by atoms with van der Waals surface area (Å²) in [7, 11) is 2.13. The van der Waals surface area contributed by atoms with Crippen molar-refractivity contribution in [3.05, 3.63) is 24.0 Å². The largest absolute Gasteiger partial charge is 0.504 e. The topological polar surface area (TPSA) is 71.6 Å². The quantitative estimate of drug-likeness (QED) is 0.936. The van der Waals surface area contributed by atoms with E-state index in [1.54, 1.807) is 18.2 Å². The van der Waals surface area contributed by atoms with E-state index in [1.165, 1.54) is 0 Å². The summed E-state index contributed by atoms with van der Waals surface area (Å²) in [5, 5.41) is 13.9. The number of aromatic nitrogens is 2. The summed E-state index contributed by atoms with van der Waals surface area (Å²) in [4.78, 5) is 6.84. The van der Waals surface area contributed by atoms with Crippen LogP contribution in [0.3, 0.4) is 0 Å². The first-order chi connectivity index (χ1) is 10.7. The van der Waals surface area contributed by atoms with Gasteiger partial charge < -0.3 is 19.3 Å². The number of aromatic hydroxyl groups is 1. The van der Waals surface area contributed by atoms with Crippen LogP contribution in [0, 0.1) is 0 Å². The number of piperidine rings is 1. The van der Waals surface area contributed by atoms with Gasteiger partial charge in [0.1, 0.15) is 0 Å². The Kier molecular flexibility index (Phi) is 4.29. The molecule has 0 spiro atoms. The van der Waals surface area contributed by atoms with Gasteiger partial charge in [-0.25, -0.2) is 0 Å². The van der Waals surface area contributed by atoms with Crippen molar-refractivity contribution < 1.29 is 14.4 Å². The highest BCUT2D eigenvalue weighted by Crippen LogP contribution is 2.32. The van der Waals surface area contributed by atoms with Crippen LogP contribution in [-0.4, -0.2) is 46.9 Å². The molecular formula is C16H21N3O3. The first kappa shape index (κ1) is 14.8. The highest BCUT2D eigenvalue weighted by molar-refractivity contribution is 5.59. The number of likely N-dealkylation sites (tertiary alicyclic amines) is 1. The number of rotatable bonds is 4. The first-order valence-electron chi connectivity index (χ1n) is 7.65. The van der Waals surface area contributed by atoms with Gasteiger partial charge >= 0.3 is 0 Å². The van der Waals surface area contributed by atoms with Gasteiger partial charge in [-0.05, 0) is 58.1 Å². The monoisotopic (exact) mass is 303 g/mol. The SMILES string of the molecule is CCOc1cc(-c2nc(C3CCN(C)CC3)no2)ccc1O. The van der Waals surface area contributed by atoms with E-state index in [0.29, 0.717) is 24.2 Å². The zero-order valence-corrected chi connectivity index (χ0v) is 13.0. The lowest BCUT2D eigenvalue weighted by Gasteiger charge is -2.26. The normalized spacial score (nSPS) is 16.8. The second-order valence-electron chi connectivity index (χ2n) is 5.65. The predicted molar refractivity (Wildman–Crippen MR) is 82.0 cm³/mol. The summed E-state index contributed by atoms with van der Waals surface area (Å²) < 4.78 is 10.8. The second-order valence-corrected chi connectivity index (χ2v) is 5.65. The fourth-order valence-electron chi connectivity index (χ4n) is 2.70. The van der Waals surface area contributed by atoms with Gasteiger partial charge in [-0.15, -0.1) is 0 Å². The minimum Gasteiger partial charge on any atom is -0.504 e. The van der Waals surface area contributed by atoms with Crippen molar-refractivity contribution in [2.24, 2.45) is 0 Å². The van der Waals surface area contributed by atoms with Crippen molar-refractivity contribution in [2.75, 3.05) is 26.7 Å². The molecule has 1 aliphatic heterocycles. The Balaban J connectivity index is 1.80. The Bertz CT molecular complexity index is 633. The Morgan fingerprint density at radius 1 is 1.36 bits per heavy atom. The number of nitrogens with zero attached hydrogens (tertiary/aromatic N) is 3. The van der Waals surface area contributed by atoms with E-state index in [9.17, 15) is 5.11 Å². The molecule has 1 saturated heterocycles. The smallest absolute Gasteiger partial charge is 0.258 e. The third-order valence-electron chi connectivity index (χ3n) is 4.03. The average molecular weight is 303 g/mol. The first-order valence-corrected chi connectivity index (χ1v) is 7.65. The van der Waals surface area contributed by atoms with Crippen LogP contribution in [0.5, 0.6) is 11.5 Å². The lowest BCUT2D eigenvalue weighted by molar-refractivity contribution is 0.248. The standard InChI is InChI=1S/C16H21N3O3/c1-3-21-14-10-12(4-5-13(14)20)16-17-15(18-22-16)11-6-8-19(2)9-7-11/h4-5,10-11,20H,3,6-9H2,1-2H3. The fraction of sp³-hybridized carbons (Fsp3) is 0.500. The summed E-state index contributed by atoms with van der Waals surface area (Å²) in [5.41, 5.74) is 0.757. The van der Waals surface area contributed by atoms with Crippen molar-refractivity contribution in [3.63, 3.8) is 0 Å². The zero-order valence-electron chi connectivity index (χ0n) is 13.0. The van der Waals surface area contributed by atoms with Crippen molar-refractivity contribution in [1.82, 2.24) is 15.0 Å². The number of hydrogen-bond acceptors (Lipinski definition) is 6. The van der Waals surface area contributed by atoms with E-state index in [1.807, 2.05) is 6.92 Å². The molecule has 1 N–H and O–H groups in total. The molecule has 6 nitrogen and oxygen atoms in total. The fourth-order valence-corrected chi connectivity index (χ4v) is 2.70. The third-order valence-corrected chi connectivity index (χ3v) is 4.03. The van der Waals surface area contributed by atoms with Crippen molar-refractivity contribution >= 4 is 0 Å². The summed E-state index contributed by atoms with van der Waals surface area (Å²) in [6, 6.07) is 5.06. The summed E-state index contributed by atoms with van der Waals surface area (Å²) >= 11 is 0. The molecule has 2 heterocycles. The van der Waals surface area contributed by atoms with Crippen LogP contribution in [-0.2, 0) is 0 Å². The lowest BCUT2D eigenvalue weighted by atomic mass is 9.96. The molecule has 2 aromatic rings. The Hall–Kier alpha value is -2.08. The molecule has 0 saturated carbocycles. The maximum atomic E-state index is 9.75. The van der Waals surface area contributed by atoms with Crippen LogP contribution in [0.1, 0.15) is 31.5 Å². The molecule has 0 aliphatic carbocycles. The molecule has 1 aromatic carbocycles. The Morgan fingerprint density at radius 3 is 2.86 bits per heavy atom. The molecule has 118 valence electrons. The van der Waals surface area contributed by atoms with Crippen molar-refractivity contribution in [2.45, 2.75) is 25.7 Å². The number of phenolic OH excluding ortho intramolecular Hbond substituents is 1. The molecule has 0 unspecified atom stereocenters. The second kappa shape index (κ2) is 6.36. The van der Waals surface area contributed by atoms with E-state index in [-0.39, 0.29) is 5.75 Å². The van der Waals surface area contributed by atoms with Gasteiger partial charge in [0.2, 0.25) is 0 Å². The van der Waals surface area contributed by atoms with Gasteiger partial charge in [-0.3, -0.25) is 0 Å². The zero-order chi connectivity index (χ0) is 15.5. The van der Waals surface area contributed by atoms with Gasteiger partial charge in [0.25, 0.3) is 5.89 Å². The van der Waals surface area contributed by atoms with Crippen molar-refractivity contribution in [1.29, 1.82) is 0 Å². The highest BCUT2D eigenvalue weighted by atomic mass is 16.5. The molecular weight excluding hydrogens is 282 g/mol. The number of benzene rings is 1. The Morgan fingerprint density at radius 2 is 2.14 bits per heavy atom.